The average molecular weight is 647 g/mol. The molecule has 13 heteroatoms. The standard InChI is InChI=1S/C31H23ClF4N2O5S/c1-4-42-30(40)24-15(2)37-31-38(27(24)17-6-8-19(32)9-7-17)29(39)23(44-31)12-16-5-10-22(41-3)18(11-16)14-43-28-25(35)20(33)13-21(34)26(28)36/h5-13,27H,4,14H2,1-3H3/b23-12+/t27-/m0/s1. The summed E-state index contributed by atoms with van der Waals surface area (Å²) < 4.78 is 73.0. The lowest BCUT2D eigenvalue weighted by molar-refractivity contribution is -0.139. The van der Waals surface area contributed by atoms with Crippen LogP contribution in [0.3, 0.4) is 0 Å². The second-order valence-electron chi connectivity index (χ2n) is 9.51. The zero-order valence-corrected chi connectivity index (χ0v) is 25.0. The van der Waals surface area contributed by atoms with Crippen LogP contribution in [-0.4, -0.2) is 24.3 Å². The number of nitrogens with zero attached hydrogens (tertiary/aromatic N) is 2. The van der Waals surface area contributed by atoms with Gasteiger partial charge in [-0.3, -0.25) is 9.36 Å². The first-order chi connectivity index (χ1) is 21.0. The van der Waals surface area contributed by atoms with E-state index in [4.69, 9.17) is 25.8 Å². The molecule has 0 saturated carbocycles. The van der Waals surface area contributed by atoms with Crippen LogP contribution < -0.4 is 24.4 Å². The number of carbonyl (C=O) groups excluding carboxylic acids is 1. The van der Waals surface area contributed by atoms with E-state index in [1.54, 1.807) is 56.3 Å². The molecule has 2 heterocycles. The van der Waals surface area contributed by atoms with Crippen molar-refractivity contribution in [1.29, 1.82) is 0 Å². The predicted molar refractivity (Wildman–Crippen MR) is 155 cm³/mol. The van der Waals surface area contributed by atoms with E-state index >= 15 is 0 Å². The zero-order chi connectivity index (χ0) is 31.7. The van der Waals surface area contributed by atoms with Gasteiger partial charge >= 0.3 is 5.97 Å². The molecule has 0 N–H and O–H groups in total. The number of esters is 1. The first-order valence-corrected chi connectivity index (χ1v) is 14.3. The molecule has 1 atom stereocenters. The highest BCUT2D eigenvalue weighted by Gasteiger charge is 2.33. The number of hydrogen-bond acceptors (Lipinski definition) is 7. The molecule has 1 aromatic heterocycles. The molecule has 0 radical (unpaired) electrons. The van der Waals surface area contributed by atoms with E-state index < -0.39 is 53.2 Å². The largest absolute Gasteiger partial charge is 0.496 e. The molecule has 4 aromatic rings. The van der Waals surface area contributed by atoms with Gasteiger partial charge in [0.2, 0.25) is 11.6 Å². The van der Waals surface area contributed by atoms with Gasteiger partial charge in [-0.05, 0) is 55.3 Å². The molecule has 44 heavy (non-hydrogen) atoms. The highest BCUT2D eigenvalue weighted by Crippen LogP contribution is 2.32. The number of benzene rings is 3. The topological polar surface area (TPSA) is 79.1 Å². The number of methoxy groups -OCH3 is 1. The van der Waals surface area contributed by atoms with Gasteiger partial charge in [-0.25, -0.2) is 18.6 Å². The number of hydrogen-bond donors (Lipinski definition) is 0. The Morgan fingerprint density at radius 2 is 1.75 bits per heavy atom. The summed E-state index contributed by atoms with van der Waals surface area (Å²) in [7, 11) is 1.36. The first-order valence-electron chi connectivity index (χ1n) is 13.1. The van der Waals surface area contributed by atoms with Gasteiger partial charge in [-0.2, -0.15) is 8.78 Å². The number of aromatic nitrogens is 1. The van der Waals surface area contributed by atoms with Gasteiger partial charge < -0.3 is 14.2 Å². The summed E-state index contributed by atoms with van der Waals surface area (Å²) >= 11 is 7.19. The molecule has 3 aromatic carbocycles. The Morgan fingerprint density at radius 3 is 2.39 bits per heavy atom. The molecule has 1 aliphatic heterocycles. The summed E-state index contributed by atoms with van der Waals surface area (Å²) in [5.74, 6) is -8.10. The normalized spacial score (nSPS) is 14.7. The average Bonchev–Trinajstić information content (AvgIpc) is 3.29. The van der Waals surface area contributed by atoms with E-state index in [0.29, 0.717) is 26.6 Å². The molecule has 228 valence electrons. The van der Waals surface area contributed by atoms with Crippen molar-refractivity contribution >= 4 is 35.0 Å². The highest BCUT2D eigenvalue weighted by molar-refractivity contribution is 7.07. The number of carbonyl (C=O) groups is 1. The smallest absolute Gasteiger partial charge is 0.338 e. The molecule has 0 saturated heterocycles. The van der Waals surface area contributed by atoms with E-state index in [1.165, 1.54) is 17.7 Å². The van der Waals surface area contributed by atoms with Crippen molar-refractivity contribution in [2.45, 2.75) is 26.5 Å². The van der Waals surface area contributed by atoms with Gasteiger partial charge in [0.05, 0.1) is 35.6 Å². The van der Waals surface area contributed by atoms with Crippen LogP contribution in [0.4, 0.5) is 17.6 Å². The van der Waals surface area contributed by atoms with Crippen molar-refractivity contribution in [2.24, 2.45) is 4.99 Å². The molecule has 7 nitrogen and oxygen atoms in total. The number of ether oxygens (including phenoxy) is 3. The summed E-state index contributed by atoms with van der Waals surface area (Å²) in [6.07, 6.45) is 1.57. The fourth-order valence-electron chi connectivity index (χ4n) is 4.73. The Labute approximate surface area is 256 Å². The van der Waals surface area contributed by atoms with Crippen molar-refractivity contribution in [3.8, 4) is 11.5 Å². The van der Waals surface area contributed by atoms with Gasteiger partial charge in [0, 0.05) is 16.7 Å². The lowest BCUT2D eigenvalue weighted by Crippen LogP contribution is -2.39. The summed E-state index contributed by atoms with van der Waals surface area (Å²) in [4.78, 5) is 31.7. The van der Waals surface area contributed by atoms with Crippen molar-refractivity contribution in [1.82, 2.24) is 4.57 Å². The minimum absolute atomic E-state index is 0.0866. The number of allylic oxidation sites excluding steroid dienone is 1. The molecule has 5 rings (SSSR count). The fourth-order valence-corrected chi connectivity index (χ4v) is 5.90. The summed E-state index contributed by atoms with van der Waals surface area (Å²) in [5.41, 5.74) is 1.55. The molecule has 0 unspecified atom stereocenters. The minimum atomic E-state index is -1.67. The van der Waals surface area contributed by atoms with Gasteiger partial charge in [0.25, 0.3) is 5.56 Å². The lowest BCUT2D eigenvalue weighted by Gasteiger charge is -2.24. The van der Waals surface area contributed by atoms with Crippen LogP contribution in [-0.2, 0) is 16.1 Å². The zero-order valence-electron chi connectivity index (χ0n) is 23.4. The predicted octanol–water partition coefficient (Wildman–Crippen LogP) is 5.60. The van der Waals surface area contributed by atoms with E-state index in [0.717, 1.165) is 11.3 Å². The maximum Gasteiger partial charge on any atom is 0.338 e. The van der Waals surface area contributed by atoms with Gasteiger partial charge in [-0.1, -0.05) is 41.1 Å². The van der Waals surface area contributed by atoms with E-state index in [9.17, 15) is 27.2 Å². The number of thiazole rings is 1. The van der Waals surface area contributed by atoms with Crippen LogP contribution in [0.2, 0.25) is 5.02 Å². The van der Waals surface area contributed by atoms with Gasteiger partial charge in [0.15, 0.2) is 22.2 Å². The van der Waals surface area contributed by atoms with Gasteiger partial charge in [0.1, 0.15) is 12.4 Å². The van der Waals surface area contributed by atoms with E-state index in [-0.39, 0.29) is 34.1 Å². The quantitative estimate of drug-likeness (QED) is 0.142. The highest BCUT2D eigenvalue weighted by atomic mass is 35.5. The second kappa shape index (κ2) is 12.7. The van der Waals surface area contributed by atoms with E-state index in [1.807, 2.05) is 0 Å². The molecule has 0 aliphatic carbocycles. The third kappa shape index (κ3) is 5.87. The maximum absolute atomic E-state index is 14.1. The third-order valence-electron chi connectivity index (χ3n) is 6.75. The number of halogens is 5. The van der Waals surface area contributed by atoms with Gasteiger partial charge in [-0.15, -0.1) is 0 Å². The van der Waals surface area contributed by atoms with Crippen LogP contribution in [0.5, 0.6) is 11.5 Å². The fraction of sp³-hybridized carbons (Fsp3) is 0.194. The Balaban J connectivity index is 1.58. The van der Waals surface area contributed by atoms with Crippen LogP contribution in [0.1, 0.15) is 36.6 Å². The van der Waals surface area contributed by atoms with Crippen LogP contribution in [0.25, 0.3) is 6.08 Å². The Hall–Kier alpha value is -4.42. The van der Waals surface area contributed by atoms with Crippen molar-refractivity contribution in [3.05, 3.63) is 124 Å². The number of rotatable bonds is 8. The second-order valence-corrected chi connectivity index (χ2v) is 11.0. The molecule has 0 bridgehead atoms. The Morgan fingerprint density at radius 1 is 1.07 bits per heavy atom. The van der Waals surface area contributed by atoms with Crippen molar-refractivity contribution in [2.75, 3.05) is 13.7 Å². The summed E-state index contributed by atoms with van der Waals surface area (Å²) in [6.45, 7) is 2.96. The van der Waals surface area contributed by atoms with Crippen LogP contribution >= 0.6 is 22.9 Å². The molecule has 0 fully saturated rings. The molecular weight excluding hydrogens is 624 g/mol. The molecule has 1 aliphatic rings. The minimum Gasteiger partial charge on any atom is -0.496 e. The molecule has 0 amide bonds. The monoisotopic (exact) mass is 646 g/mol. The molecular formula is C31H23ClF4N2O5S. The summed E-state index contributed by atoms with van der Waals surface area (Å²) in [5, 5.41) is 0.479. The Kier molecular flexibility index (Phi) is 8.93. The first kappa shape index (κ1) is 31.0. The van der Waals surface area contributed by atoms with Crippen LogP contribution in [0.15, 0.2) is 69.6 Å². The number of fused-ring (bicyclic) bond motifs is 1. The van der Waals surface area contributed by atoms with Crippen molar-refractivity contribution < 1.29 is 36.6 Å². The lowest BCUT2D eigenvalue weighted by atomic mass is 9.96. The van der Waals surface area contributed by atoms with Crippen molar-refractivity contribution in [3.63, 3.8) is 0 Å². The molecule has 0 spiro atoms. The van der Waals surface area contributed by atoms with E-state index in [2.05, 4.69) is 4.99 Å². The van der Waals surface area contributed by atoms with Crippen LogP contribution in [0, 0.1) is 23.3 Å². The maximum atomic E-state index is 14.1. The Bertz CT molecular complexity index is 1960. The SMILES string of the molecule is CCOC(=O)C1=C(C)N=c2s/c(=C/c3ccc(OC)c(COc4c(F)c(F)cc(F)c4F)c3)c(=O)n2[C@H]1c1ccc(Cl)cc1. The summed E-state index contributed by atoms with van der Waals surface area (Å²) in [6, 6.07) is 10.7. The third-order valence-corrected chi connectivity index (χ3v) is 7.98.